The Hall–Kier alpha value is -3.63. The van der Waals surface area contributed by atoms with Crippen LogP contribution in [0.3, 0.4) is 0 Å². The summed E-state index contributed by atoms with van der Waals surface area (Å²) in [5, 5.41) is 16.6. The molecule has 0 fully saturated rings. The number of carbonyl (C=O) groups excluding carboxylic acids is 1. The minimum Gasteiger partial charge on any atom is -0.382 e. The van der Waals surface area contributed by atoms with Gasteiger partial charge in [0.1, 0.15) is 23.4 Å². The van der Waals surface area contributed by atoms with E-state index in [2.05, 4.69) is 15.4 Å². The first-order chi connectivity index (χ1) is 16.1. The van der Waals surface area contributed by atoms with Crippen LogP contribution in [-0.4, -0.2) is 38.3 Å². The van der Waals surface area contributed by atoms with Crippen molar-refractivity contribution in [2.75, 3.05) is 12.3 Å². The molecule has 0 aliphatic heterocycles. The molecule has 176 valence electrons. The number of carbonyl (C=O) groups is 1. The van der Waals surface area contributed by atoms with Crippen molar-refractivity contribution >= 4 is 29.1 Å². The number of pyridine rings is 1. The number of halogens is 4. The Morgan fingerprint density at radius 3 is 2.65 bits per heavy atom. The second kappa shape index (κ2) is 8.96. The highest BCUT2D eigenvalue weighted by Gasteiger charge is 2.34. The van der Waals surface area contributed by atoms with Gasteiger partial charge in [-0.2, -0.15) is 4.98 Å². The van der Waals surface area contributed by atoms with E-state index in [9.17, 15) is 18.7 Å². The molecule has 2 heterocycles. The van der Waals surface area contributed by atoms with Gasteiger partial charge in [0.2, 0.25) is 5.95 Å². The fourth-order valence-corrected chi connectivity index (χ4v) is 3.72. The summed E-state index contributed by atoms with van der Waals surface area (Å²) >= 11 is 6.08. The van der Waals surface area contributed by atoms with Gasteiger partial charge < -0.3 is 16.2 Å². The summed E-state index contributed by atoms with van der Waals surface area (Å²) in [6.45, 7) is 0.548. The van der Waals surface area contributed by atoms with Gasteiger partial charge >= 0.3 is 0 Å². The zero-order valence-electron chi connectivity index (χ0n) is 17.8. The molecule has 0 spiro atoms. The van der Waals surface area contributed by atoms with Gasteiger partial charge in [-0.25, -0.2) is 17.7 Å². The van der Waals surface area contributed by atoms with Crippen LogP contribution in [0.2, 0.25) is 5.02 Å². The lowest BCUT2D eigenvalue weighted by molar-refractivity contribution is -0.0229. The summed E-state index contributed by atoms with van der Waals surface area (Å²) in [7, 11) is 0. The van der Waals surface area contributed by atoms with Crippen LogP contribution in [0, 0.1) is 11.6 Å². The number of nitrogens with zero attached hydrogens (tertiary/aromatic N) is 3. The lowest BCUT2D eigenvalue weighted by Crippen LogP contribution is -2.42. The number of alkyl halides is 1. The zero-order chi connectivity index (χ0) is 24.6. The number of fused-ring (bicyclic) bond motifs is 1. The smallest absolute Gasteiger partial charge is 0.255 e. The summed E-state index contributed by atoms with van der Waals surface area (Å²) in [5.41, 5.74) is 4.02. The topological polar surface area (TPSA) is 106 Å². The number of aliphatic hydroxyl groups is 1. The summed E-state index contributed by atoms with van der Waals surface area (Å²) in [6, 6.07) is 10.5. The number of aromatic nitrogens is 3. The van der Waals surface area contributed by atoms with Crippen molar-refractivity contribution in [3.63, 3.8) is 0 Å². The third kappa shape index (κ3) is 4.42. The first-order valence-corrected chi connectivity index (χ1v) is 10.5. The van der Waals surface area contributed by atoms with Gasteiger partial charge in [0.25, 0.3) is 5.91 Å². The molecule has 4 N–H and O–H groups in total. The van der Waals surface area contributed by atoms with E-state index >= 15 is 4.39 Å². The van der Waals surface area contributed by atoms with E-state index in [4.69, 9.17) is 17.3 Å². The van der Waals surface area contributed by atoms with Crippen LogP contribution >= 0.6 is 11.6 Å². The average molecular weight is 490 g/mol. The number of hydrogen-bond donors (Lipinski definition) is 3. The van der Waals surface area contributed by atoms with Crippen molar-refractivity contribution in [2.45, 2.75) is 18.7 Å². The SMILES string of the molecule is C[C@](O)(c1ccc(F)cc1)[C@H](F)CNC(=O)c1c(Cl)ccc(-c2ccn3nc(N)nc3c2)c1F. The van der Waals surface area contributed by atoms with Crippen molar-refractivity contribution in [1.82, 2.24) is 19.9 Å². The third-order valence-corrected chi connectivity index (χ3v) is 5.78. The number of benzene rings is 2. The number of nitrogen functional groups attached to an aromatic ring is 1. The summed E-state index contributed by atoms with van der Waals surface area (Å²) in [4.78, 5) is 16.7. The third-order valence-electron chi connectivity index (χ3n) is 5.46. The maximum absolute atomic E-state index is 15.3. The molecule has 0 aliphatic rings. The van der Waals surface area contributed by atoms with Crippen molar-refractivity contribution in [3.05, 3.63) is 82.5 Å². The van der Waals surface area contributed by atoms with Crippen molar-refractivity contribution in [3.8, 4) is 11.1 Å². The molecule has 2 atom stereocenters. The van der Waals surface area contributed by atoms with E-state index < -0.39 is 41.4 Å². The molecule has 7 nitrogen and oxygen atoms in total. The van der Waals surface area contributed by atoms with Crippen LogP contribution in [0.25, 0.3) is 16.8 Å². The van der Waals surface area contributed by atoms with E-state index in [0.717, 1.165) is 12.1 Å². The van der Waals surface area contributed by atoms with Crippen LogP contribution < -0.4 is 11.1 Å². The van der Waals surface area contributed by atoms with E-state index in [1.165, 1.54) is 48.0 Å². The van der Waals surface area contributed by atoms with Crippen LogP contribution in [0.5, 0.6) is 0 Å². The van der Waals surface area contributed by atoms with Crippen molar-refractivity contribution in [2.24, 2.45) is 0 Å². The molecule has 4 aromatic rings. The van der Waals surface area contributed by atoms with Gasteiger partial charge in [-0.15, -0.1) is 5.10 Å². The highest BCUT2D eigenvalue weighted by Crippen LogP contribution is 2.31. The number of anilines is 1. The molecule has 0 saturated heterocycles. The largest absolute Gasteiger partial charge is 0.382 e. The molecule has 0 bridgehead atoms. The van der Waals surface area contributed by atoms with Gasteiger partial charge in [0, 0.05) is 11.8 Å². The summed E-state index contributed by atoms with van der Waals surface area (Å²) in [6.07, 6.45) is -0.444. The van der Waals surface area contributed by atoms with Gasteiger partial charge in [-0.05, 0) is 54.4 Å². The van der Waals surface area contributed by atoms with E-state index in [0.29, 0.717) is 11.2 Å². The molecule has 34 heavy (non-hydrogen) atoms. The predicted octanol–water partition coefficient (Wildman–Crippen LogP) is 3.89. The fourth-order valence-electron chi connectivity index (χ4n) is 3.49. The van der Waals surface area contributed by atoms with Crippen LogP contribution in [0.1, 0.15) is 22.8 Å². The lowest BCUT2D eigenvalue weighted by Gasteiger charge is -2.28. The number of rotatable bonds is 6. The van der Waals surface area contributed by atoms with Crippen LogP contribution in [0.4, 0.5) is 19.1 Å². The Labute approximate surface area is 197 Å². The quantitative estimate of drug-likeness (QED) is 0.381. The van der Waals surface area contributed by atoms with E-state index in [1.54, 1.807) is 6.07 Å². The molecule has 2 aromatic carbocycles. The predicted molar refractivity (Wildman–Crippen MR) is 121 cm³/mol. The highest BCUT2D eigenvalue weighted by atomic mass is 35.5. The summed E-state index contributed by atoms with van der Waals surface area (Å²) < 4.78 is 44.7. The maximum atomic E-state index is 15.3. The van der Waals surface area contributed by atoms with E-state index in [-0.39, 0.29) is 22.1 Å². The minimum absolute atomic E-state index is 0.0473. The van der Waals surface area contributed by atoms with Gasteiger partial charge in [0.05, 0.1) is 17.1 Å². The highest BCUT2D eigenvalue weighted by molar-refractivity contribution is 6.34. The molecule has 2 aromatic heterocycles. The monoisotopic (exact) mass is 489 g/mol. The lowest BCUT2D eigenvalue weighted by atomic mass is 9.91. The number of nitrogens with one attached hydrogen (secondary N) is 1. The van der Waals surface area contributed by atoms with Gasteiger partial charge in [-0.1, -0.05) is 23.7 Å². The second-order valence-electron chi connectivity index (χ2n) is 7.80. The number of nitrogens with two attached hydrogens (primary N) is 1. The Morgan fingerprint density at radius 2 is 1.94 bits per heavy atom. The molecule has 0 aliphatic carbocycles. The van der Waals surface area contributed by atoms with Gasteiger partial charge in [0.15, 0.2) is 5.65 Å². The molecule has 11 heteroatoms. The molecule has 4 rings (SSSR count). The molecule has 0 saturated carbocycles. The second-order valence-corrected chi connectivity index (χ2v) is 8.21. The van der Waals surface area contributed by atoms with Crippen LogP contribution in [-0.2, 0) is 5.60 Å². The van der Waals surface area contributed by atoms with E-state index in [1.807, 2.05) is 0 Å². The Morgan fingerprint density at radius 1 is 1.24 bits per heavy atom. The molecular formula is C23H19ClF3N5O2. The average Bonchev–Trinajstić information content (AvgIpc) is 3.17. The minimum atomic E-state index is -2.03. The Bertz CT molecular complexity index is 1380. The van der Waals surface area contributed by atoms with Gasteiger partial charge in [-0.3, -0.25) is 4.79 Å². The first kappa shape index (κ1) is 23.5. The maximum Gasteiger partial charge on any atom is 0.255 e. The molecule has 0 radical (unpaired) electrons. The number of amides is 1. The molecular weight excluding hydrogens is 471 g/mol. The fraction of sp³-hybridized carbons (Fsp3) is 0.174. The van der Waals surface area contributed by atoms with Crippen molar-refractivity contribution < 1.29 is 23.1 Å². The Balaban J connectivity index is 1.56. The van der Waals surface area contributed by atoms with Crippen LogP contribution in [0.15, 0.2) is 54.7 Å². The molecule has 0 unspecified atom stereocenters. The van der Waals surface area contributed by atoms with Crippen molar-refractivity contribution in [1.29, 1.82) is 0 Å². The normalized spacial score (nSPS) is 14.1. The Kier molecular flexibility index (Phi) is 6.20. The first-order valence-electron chi connectivity index (χ1n) is 10.1. The standard InChI is InChI=1S/C23H19ClF3N5O2/c1-23(34,13-2-4-14(25)5-3-13)17(26)11-29-21(33)19-16(24)7-6-15(20(19)27)12-8-9-32-18(10-12)30-22(28)31-32/h2-10,17,34H,11H2,1H3,(H2,28,31)(H,29,33)/t17-,23+/m1/s1. The summed E-state index contributed by atoms with van der Waals surface area (Å²) in [5.74, 6) is -2.37. The number of hydrogen-bond acceptors (Lipinski definition) is 5. The molecule has 1 amide bonds. The zero-order valence-corrected chi connectivity index (χ0v) is 18.5.